The Kier molecular flexibility index (Phi) is 2.46. The number of rotatable bonds is 1. The number of carbonyl (C=O) groups is 1. The zero-order valence-corrected chi connectivity index (χ0v) is 8.73. The number of fused-ring (bicyclic) bond motifs is 1. The zero-order chi connectivity index (χ0) is 10.1. The number of aryl methyl sites for hydroxylation is 1. The van der Waals surface area contributed by atoms with Crippen LogP contribution >= 0.6 is 11.6 Å². The van der Waals surface area contributed by atoms with E-state index in [-0.39, 0.29) is 5.78 Å². The molecule has 0 aliphatic carbocycles. The molecule has 1 aliphatic rings. The summed E-state index contributed by atoms with van der Waals surface area (Å²) in [6, 6.07) is 3.55. The third-order valence-corrected chi connectivity index (χ3v) is 2.56. The molecule has 0 saturated heterocycles. The van der Waals surface area contributed by atoms with E-state index in [1.54, 1.807) is 6.07 Å². The molecule has 1 aliphatic heterocycles. The molecule has 0 fully saturated rings. The predicted molar refractivity (Wildman–Crippen MR) is 55.3 cm³/mol. The van der Waals surface area contributed by atoms with Gasteiger partial charge in [-0.3, -0.25) is 4.79 Å². The van der Waals surface area contributed by atoms with Gasteiger partial charge in [-0.2, -0.15) is 0 Å². The van der Waals surface area contributed by atoms with Crippen LogP contribution in [0.5, 0.6) is 5.75 Å². The predicted octanol–water partition coefficient (Wildman–Crippen LogP) is 2.87. The number of ketones is 1. The molecular formula is C11H11ClO2. The van der Waals surface area contributed by atoms with Gasteiger partial charge in [0.1, 0.15) is 5.75 Å². The van der Waals surface area contributed by atoms with Crippen LogP contribution in [-0.2, 0) is 6.42 Å². The summed E-state index contributed by atoms with van der Waals surface area (Å²) in [5.74, 6) is 0.735. The van der Waals surface area contributed by atoms with Gasteiger partial charge in [-0.05, 0) is 37.5 Å². The Labute approximate surface area is 87.8 Å². The number of ether oxygens (including phenoxy) is 1. The second-order valence-electron chi connectivity index (χ2n) is 3.45. The van der Waals surface area contributed by atoms with Gasteiger partial charge in [0.25, 0.3) is 0 Å². The van der Waals surface area contributed by atoms with Gasteiger partial charge in [0, 0.05) is 5.02 Å². The number of Topliss-reactive ketones (excluding diaryl/α,β-unsaturated/α-hetero) is 1. The largest absolute Gasteiger partial charge is 0.493 e. The molecule has 0 atom stereocenters. The molecule has 2 nitrogen and oxygen atoms in total. The summed E-state index contributed by atoms with van der Waals surface area (Å²) >= 11 is 5.92. The van der Waals surface area contributed by atoms with Crippen molar-refractivity contribution in [1.82, 2.24) is 0 Å². The number of benzene rings is 1. The van der Waals surface area contributed by atoms with Crippen LogP contribution in [0.1, 0.15) is 29.3 Å². The summed E-state index contributed by atoms with van der Waals surface area (Å²) in [4.78, 5) is 11.3. The summed E-state index contributed by atoms with van der Waals surface area (Å²) < 4.78 is 5.49. The Balaban J connectivity index is 2.58. The van der Waals surface area contributed by atoms with Crippen LogP contribution in [0.15, 0.2) is 12.1 Å². The average Bonchev–Trinajstić information content (AvgIpc) is 2.16. The summed E-state index contributed by atoms with van der Waals surface area (Å²) in [5, 5.41) is 0.611. The van der Waals surface area contributed by atoms with Gasteiger partial charge in [0.05, 0.1) is 12.2 Å². The van der Waals surface area contributed by atoms with Crippen LogP contribution in [0.25, 0.3) is 0 Å². The van der Waals surface area contributed by atoms with E-state index in [9.17, 15) is 4.79 Å². The number of carbonyl (C=O) groups excluding carboxylic acids is 1. The molecule has 3 heteroatoms. The van der Waals surface area contributed by atoms with Crippen molar-refractivity contribution in [3.05, 3.63) is 28.3 Å². The quantitative estimate of drug-likeness (QED) is 0.667. The fourth-order valence-electron chi connectivity index (χ4n) is 1.70. The van der Waals surface area contributed by atoms with E-state index in [1.165, 1.54) is 6.92 Å². The molecule has 0 spiro atoms. The summed E-state index contributed by atoms with van der Waals surface area (Å²) in [7, 11) is 0. The summed E-state index contributed by atoms with van der Waals surface area (Å²) in [6.07, 6.45) is 1.93. The van der Waals surface area contributed by atoms with Gasteiger partial charge in [-0.15, -0.1) is 0 Å². The first kappa shape index (κ1) is 9.53. The second-order valence-corrected chi connectivity index (χ2v) is 3.89. The maximum Gasteiger partial charge on any atom is 0.163 e. The third-order valence-electron chi connectivity index (χ3n) is 2.35. The molecule has 0 radical (unpaired) electrons. The fourth-order valence-corrected chi connectivity index (χ4v) is 1.95. The van der Waals surface area contributed by atoms with Gasteiger partial charge in [-0.1, -0.05) is 11.6 Å². The van der Waals surface area contributed by atoms with Crippen LogP contribution < -0.4 is 4.74 Å². The van der Waals surface area contributed by atoms with Crippen molar-refractivity contribution in [2.75, 3.05) is 6.61 Å². The first-order valence-electron chi connectivity index (χ1n) is 4.64. The van der Waals surface area contributed by atoms with E-state index in [0.29, 0.717) is 17.2 Å². The number of halogens is 1. The first-order valence-corrected chi connectivity index (χ1v) is 5.02. The third kappa shape index (κ3) is 1.62. The van der Waals surface area contributed by atoms with Gasteiger partial charge in [0.15, 0.2) is 5.78 Å². The molecule has 1 heterocycles. The van der Waals surface area contributed by atoms with Crippen molar-refractivity contribution in [2.45, 2.75) is 19.8 Å². The highest BCUT2D eigenvalue weighted by atomic mass is 35.5. The summed E-state index contributed by atoms with van der Waals surface area (Å²) in [6.45, 7) is 2.22. The molecule has 0 saturated carbocycles. The van der Waals surface area contributed by atoms with Gasteiger partial charge in [-0.25, -0.2) is 0 Å². The zero-order valence-electron chi connectivity index (χ0n) is 7.97. The minimum absolute atomic E-state index is 0.00523. The van der Waals surface area contributed by atoms with Crippen molar-refractivity contribution in [1.29, 1.82) is 0 Å². The highest BCUT2D eigenvalue weighted by Gasteiger charge is 2.18. The lowest BCUT2D eigenvalue weighted by Gasteiger charge is -2.19. The molecule has 14 heavy (non-hydrogen) atoms. The van der Waals surface area contributed by atoms with Crippen LogP contribution in [-0.4, -0.2) is 12.4 Å². The van der Waals surface area contributed by atoms with Crippen molar-refractivity contribution in [3.8, 4) is 5.75 Å². The molecule has 0 N–H and O–H groups in total. The van der Waals surface area contributed by atoms with E-state index < -0.39 is 0 Å². The standard InChI is InChI=1S/C11H11ClO2/c1-7(13)10-6-9(12)5-8-3-2-4-14-11(8)10/h5-6H,2-4H2,1H3. The van der Waals surface area contributed by atoms with Crippen molar-refractivity contribution >= 4 is 17.4 Å². The normalized spacial score (nSPS) is 14.4. The second kappa shape index (κ2) is 3.62. The van der Waals surface area contributed by atoms with Crippen LogP contribution in [0.4, 0.5) is 0 Å². The molecular weight excluding hydrogens is 200 g/mol. The topological polar surface area (TPSA) is 26.3 Å². The van der Waals surface area contributed by atoms with E-state index in [2.05, 4.69) is 0 Å². The minimum atomic E-state index is 0.00523. The Hall–Kier alpha value is -1.02. The van der Waals surface area contributed by atoms with E-state index in [1.807, 2.05) is 6.07 Å². The number of hydrogen-bond acceptors (Lipinski definition) is 2. The highest BCUT2D eigenvalue weighted by molar-refractivity contribution is 6.31. The Morgan fingerprint density at radius 2 is 2.29 bits per heavy atom. The molecule has 1 aromatic carbocycles. The average molecular weight is 211 g/mol. The maximum absolute atomic E-state index is 11.3. The fraction of sp³-hybridized carbons (Fsp3) is 0.364. The molecule has 2 rings (SSSR count). The lowest BCUT2D eigenvalue weighted by Crippen LogP contribution is -2.12. The van der Waals surface area contributed by atoms with Crippen molar-refractivity contribution in [3.63, 3.8) is 0 Å². The van der Waals surface area contributed by atoms with Gasteiger partial charge in [0.2, 0.25) is 0 Å². The lowest BCUT2D eigenvalue weighted by atomic mass is 10.0. The van der Waals surface area contributed by atoms with E-state index in [0.717, 1.165) is 24.2 Å². The number of hydrogen-bond donors (Lipinski definition) is 0. The van der Waals surface area contributed by atoms with Crippen LogP contribution in [0.2, 0.25) is 5.02 Å². The van der Waals surface area contributed by atoms with Crippen molar-refractivity contribution in [2.24, 2.45) is 0 Å². The van der Waals surface area contributed by atoms with Crippen molar-refractivity contribution < 1.29 is 9.53 Å². The monoisotopic (exact) mass is 210 g/mol. The van der Waals surface area contributed by atoms with E-state index in [4.69, 9.17) is 16.3 Å². The molecule has 0 unspecified atom stereocenters. The molecule has 74 valence electrons. The van der Waals surface area contributed by atoms with Gasteiger partial charge >= 0.3 is 0 Å². The Morgan fingerprint density at radius 1 is 1.50 bits per heavy atom. The first-order chi connectivity index (χ1) is 6.68. The lowest BCUT2D eigenvalue weighted by molar-refractivity contribution is 0.101. The molecule has 0 amide bonds. The Bertz CT molecular complexity index is 385. The molecule has 1 aromatic rings. The maximum atomic E-state index is 11.3. The molecule has 0 bridgehead atoms. The molecule has 0 aromatic heterocycles. The highest BCUT2D eigenvalue weighted by Crippen LogP contribution is 2.32. The Morgan fingerprint density at radius 3 is 3.00 bits per heavy atom. The van der Waals surface area contributed by atoms with Crippen LogP contribution in [0.3, 0.4) is 0 Å². The smallest absolute Gasteiger partial charge is 0.163 e. The van der Waals surface area contributed by atoms with E-state index >= 15 is 0 Å². The van der Waals surface area contributed by atoms with Gasteiger partial charge < -0.3 is 4.74 Å². The summed E-state index contributed by atoms with van der Waals surface area (Å²) in [5.41, 5.74) is 1.65. The SMILES string of the molecule is CC(=O)c1cc(Cl)cc2c1OCCC2. The minimum Gasteiger partial charge on any atom is -0.493 e. The van der Waals surface area contributed by atoms with Crippen LogP contribution in [0, 0.1) is 0 Å².